The van der Waals surface area contributed by atoms with Gasteiger partial charge in [0.05, 0.1) is 6.54 Å². The number of hydrogen-bond acceptors (Lipinski definition) is 2. The molecule has 0 spiro atoms. The maximum Gasteiger partial charge on any atom is 0.242 e. The quantitative estimate of drug-likeness (QED) is 0.862. The third-order valence-corrected chi connectivity index (χ3v) is 3.84. The van der Waals surface area contributed by atoms with Crippen molar-refractivity contribution < 1.29 is 9.59 Å². The number of rotatable bonds is 6. The first-order chi connectivity index (χ1) is 9.70. The van der Waals surface area contributed by atoms with Gasteiger partial charge in [0.25, 0.3) is 0 Å². The standard InChI is InChI=1S/C16H22N2O2/c1-2-18(12-13-7-4-3-5-8-13)15(19)11-17-16(20)14-9-6-10-14/h3-5,7-8,14H,2,6,9-12H2,1H3,(H,17,20). The van der Waals surface area contributed by atoms with E-state index in [1.54, 1.807) is 4.90 Å². The fraction of sp³-hybridized carbons (Fsp3) is 0.500. The van der Waals surface area contributed by atoms with E-state index in [1.807, 2.05) is 37.3 Å². The molecule has 0 heterocycles. The van der Waals surface area contributed by atoms with Crippen molar-refractivity contribution in [1.82, 2.24) is 10.2 Å². The smallest absolute Gasteiger partial charge is 0.242 e. The van der Waals surface area contributed by atoms with Crippen LogP contribution in [0.5, 0.6) is 0 Å². The number of hydrogen-bond donors (Lipinski definition) is 1. The first kappa shape index (κ1) is 14.6. The van der Waals surface area contributed by atoms with Crippen LogP contribution in [0, 0.1) is 5.92 Å². The second-order valence-corrected chi connectivity index (χ2v) is 5.24. The van der Waals surface area contributed by atoms with Crippen molar-refractivity contribution in [2.24, 2.45) is 5.92 Å². The van der Waals surface area contributed by atoms with Gasteiger partial charge in [0, 0.05) is 19.0 Å². The minimum atomic E-state index is -0.0240. The van der Waals surface area contributed by atoms with Crippen molar-refractivity contribution in [2.75, 3.05) is 13.1 Å². The van der Waals surface area contributed by atoms with Crippen LogP contribution in [0.15, 0.2) is 30.3 Å². The Hall–Kier alpha value is -1.84. The van der Waals surface area contributed by atoms with Gasteiger partial charge in [-0.2, -0.15) is 0 Å². The Labute approximate surface area is 120 Å². The summed E-state index contributed by atoms with van der Waals surface area (Å²) >= 11 is 0. The van der Waals surface area contributed by atoms with E-state index in [0.717, 1.165) is 24.8 Å². The van der Waals surface area contributed by atoms with Crippen LogP contribution in [-0.4, -0.2) is 29.8 Å². The summed E-state index contributed by atoms with van der Waals surface area (Å²) in [4.78, 5) is 25.6. The molecule has 4 nitrogen and oxygen atoms in total. The maximum atomic E-state index is 12.1. The number of carbonyl (C=O) groups is 2. The average Bonchev–Trinajstić information content (AvgIpc) is 2.41. The third kappa shape index (κ3) is 3.83. The Balaban J connectivity index is 1.81. The zero-order valence-electron chi connectivity index (χ0n) is 12.0. The van der Waals surface area contributed by atoms with Crippen LogP contribution in [0.1, 0.15) is 31.7 Å². The van der Waals surface area contributed by atoms with Gasteiger partial charge < -0.3 is 10.2 Å². The highest BCUT2D eigenvalue weighted by Crippen LogP contribution is 2.26. The van der Waals surface area contributed by atoms with Crippen molar-refractivity contribution >= 4 is 11.8 Å². The van der Waals surface area contributed by atoms with Gasteiger partial charge >= 0.3 is 0 Å². The van der Waals surface area contributed by atoms with Gasteiger partial charge in [0.2, 0.25) is 11.8 Å². The van der Waals surface area contributed by atoms with Crippen molar-refractivity contribution in [1.29, 1.82) is 0 Å². The van der Waals surface area contributed by atoms with Crippen molar-refractivity contribution in [3.05, 3.63) is 35.9 Å². The normalized spacial score (nSPS) is 14.4. The van der Waals surface area contributed by atoms with Crippen LogP contribution in [0.25, 0.3) is 0 Å². The highest BCUT2D eigenvalue weighted by Gasteiger charge is 2.25. The SMILES string of the molecule is CCN(Cc1ccccc1)C(=O)CNC(=O)C1CCC1. The Kier molecular flexibility index (Phi) is 5.16. The van der Waals surface area contributed by atoms with E-state index in [1.165, 1.54) is 0 Å². The molecule has 108 valence electrons. The molecule has 0 radical (unpaired) electrons. The van der Waals surface area contributed by atoms with E-state index >= 15 is 0 Å². The van der Waals surface area contributed by atoms with E-state index in [0.29, 0.717) is 13.1 Å². The molecule has 0 bridgehead atoms. The second kappa shape index (κ2) is 7.08. The zero-order chi connectivity index (χ0) is 14.4. The molecule has 1 fully saturated rings. The van der Waals surface area contributed by atoms with Crippen LogP contribution in [0.3, 0.4) is 0 Å². The van der Waals surface area contributed by atoms with Crippen molar-refractivity contribution in [3.8, 4) is 0 Å². The highest BCUT2D eigenvalue weighted by atomic mass is 16.2. The molecule has 0 aromatic heterocycles. The van der Waals surface area contributed by atoms with Crippen LogP contribution < -0.4 is 5.32 Å². The molecule has 1 N–H and O–H groups in total. The van der Waals surface area contributed by atoms with E-state index in [2.05, 4.69) is 5.32 Å². The Morgan fingerprint density at radius 3 is 2.50 bits per heavy atom. The lowest BCUT2D eigenvalue weighted by molar-refractivity contribution is -0.135. The summed E-state index contributed by atoms with van der Waals surface area (Å²) in [6.07, 6.45) is 3.05. The van der Waals surface area contributed by atoms with E-state index in [4.69, 9.17) is 0 Å². The fourth-order valence-electron chi connectivity index (χ4n) is 2.27. The summed E-state index contributed by atoms with van der Waals surface area (Å²) in [5, 5.41) is 2.75. The molecule has 1 saturated carbocycles. The number of likely N-dealkylation sites (N-methyl/N-ethyl adjacent to an activating group) is 1. The van der Waals surface area contributed by atoms with Gasteiger partial charge in [-0.3, -0.25) is 9.59 Å². The summed E-state index contributed by atoms with van der Waals surface area (Å²) < 4.78 is 0. The second-order valence-electron chi connectivity index (χ2n) is 5.24. The van der Waals surface area contributed by atoms with Gasteiger partial charge in [0.1, 0.15) is 0 Å². The van der Waals surface area contributed by atoms with E-state index < -0.39 is 0 Å². The van der Waals surface area contributed by atoms with Crippen LogP contribution in [-0.2, 0) is 16.1 Å². The first-order valence-electron chi connectivity index (χ1n) is 7.30. The summed E-state index contributed by atoms with van der Waals surface area (Å²) in [5.41, 5.74) is 1.10. The summed E-state index contributed by atoms with van der Waals surface area (Å²) in [7, 11) is 0. The number of amides is 2. The molecule has 1 aliphatic carbocycles. The number of nitrogens with one attached hydrogen (secondary N) is 1. The van der Waals surface area contributed by atoms with E-state index in [9.17, 15) is 9.59 Å². The summed E-state index contributed by atoms with van der Waals surface area (Å²) in [6.45, 7) is 3.30. The number of carbonyl (C=O) groups excluding carboxylic acids is 2. The molecule has 1 aromatic rings. The Morgan fingerprint density at radius 2 is 1.95 bits per heavy atom. The highest BCUT2D eigenvalue weighted by molar-refractivity contribution is 5.86. The Morgan fingerprint density at radius 1 is 1.25 bits per heavy atom. The van der Waals surface area contributed by atoms with Crippen molar-refractivity contribution in [2.45, 2.75) is 32.7 Å². The molecule has 1 aliphatic rings. The summed E-state index contributed by atoms with van der Waals surface area (Å²) in [5.74, 6) is 0.136. The van der Waals surface area contributed by atoms with Gasteiger partial charge in [0.15, 0.2) is 0 Å². The van der Waals surface area contributed by atoms with Gasteiger partial charge in [-0.1, -0.05) is 36.8 Å². The molecule has 2 amide bonds. The maximum absolute atomic E-state index is 12.1. The van der Waals surface area contributed by atoms with E-state index in [-0.39, 0.29) is 24.3 Å². The molecule has 0 saturated heterocycles. The monoisotopic (exact) mass is 274 g/mol. The summed E-state index contributed by atoms with van der Waals surface area (Å²) in [6, 6.07) is 9.89. The number of nitrogens with zero attached hydrogens (tertiary/aromatic N) is 1. The molecule has 1 aromatic carbocycles. The largest absolute Gasteiger partial charge is 0.347 e. The average molecular weight is 274 g/mol. The lowest BCUT2D eigenvalue weighted by Crippen LogP contribution is -2.42. The zero-order valence-corrected chi connectivity index (χ0v) is 12.0. The van der Waals surface area contributed by atoms with Crippen LogP contribution in [0.2, 0.25) is 0 Å². The van der Waals surface area contributed by atoms with Gasteiger partial charge in [-0.25, -0.2) is 0 Å². The topological polar surface area (TPSA) is 49.4 Å². The Bertz CT molecular complexity index is 455. The third-order valence-electron chi connectivity index (χ3n) is 3.84. The predicted octanol–water partition coefficient (Wildman–Crippen LogP) is 1.95. The predicted molar refractivity (Wildman–Crippen MR) is 77.9 cm³/mol. The fourth-order valence-corrected chi connectivity index (χ4v) is 2.27. The lowest BCUT2D eigenvalue weighted by Gasteiger charge is -2.25. The lowest BCUT2D eigenvalue weighted by atomic mass is 9.85. The van der Waals surface area contributed by atoms with Gasteiger partial charge in [-0.15, -0.1) is 0 Å². The molecule has 0 atom stereocenters. The molecule has 4 heteroatoms. The van der Waals surface area contributed by atoms with Crippen LogP contribution >= 0.6 is 0 Å². The number of benzene rings is 1. The molecule has 2 rings (SSSR count). The molecular formula is C16H22N2O2. The van der Waals surface area contributed by atoms with Crippen LogP contribution in [0.4, 0.5) is 0 Å². The minimum absolute atomic E-state index is 0.0240. The van der Waals surface area contributed by atoms with Crippen molar-refractivity contribution in [3.63, 3.8) is 0 Å². The molecule has 20 heavy (non-hydrogen) atoms. The molecular weight excluding hydrogens is 252 g/mol. The molecule has 0 aliphatic heterocycles. The van der Waals surface area contributed by atoms with Gasteiger partial charge in [-0.05, 0) is 25.3 Å². The minimum Gasteiger partial charge on any atom is -0.347 e. The first-order valence-corrected chi connectivity index (χ1v) is 7.30. The molecule has 0 unspecified atom stereocenters.